The van der Waals surface area contributed by atoms with Crippen LogP contribution in [0.5, 0.6) is 5.88 Å². The molecule has 1 fully saturated rings. The molecule has 0 aliphatic carbocycles. The standard InChI is InChI=1S/C15H28N4O/c1-10(2)12-6-7-19(9-12)13(8-16)14-11(3)17-18(4)15(14)20-5/h10,12-13H,6-9,16H2,1-5H3. The fraction of sp³-hybridized carbons (Fsp3) is 0.800. The van der Waals surface area contributed by atoms with Gasteiger partial charge in [0.2, 0.25) is 5.88 Å². The van der Waals surface area contributed by atoms with E-state index in [1.165, 1.54) is 6.42 Å². The Labute approximate surface area is 122 Å². The Kier molecular flexibility index (Phi) is 4.70. The molecule has 114 valence electrons. The SMILES string of the molecule is COc1c(C(CN)N2CCC(C(C)C)C2)c(C)nn1C. The minimum absolute atomic E-state index is 0.211. The van der Waals surface area contributed by atoms with Gasteiger partial charge in [0.25, 0.3) is 0 Å². The minimum atomic E-state index is 0.211. The van der Waals surface area contributed by atoms with Crippen molar-refractivity contribution < 1.29 is 4.74 Å². The lowest BCUT2D eigenvalue weighted by molar-refractivity contribution is 0.225. The second-order valence-electron chi connectivity index (χ2n) is 6.17. The fourth-order valence-electron chi connectivity index (χ4n) is 3.37. The average molecular weight is 280 g/mol. The van der Waals surface area contributed by atoms with E-state index in [0.29, 0.717) is 6.54 Å². The van der Waals surface area contributed by atoms with Crippen LogP contribution in [0.1, 0.15) is 37.6 Å². The summed E-state index contributed by atoms with van der Waals surface area (Å²) in [6.07, 6.45) is 1.26. The van der Waals surface area contributed by atoms with E-state index >= 15 is 0 Å². The predicted octanol–water partition coefficient (Wildman–Crippen LogP) is 1.71. The molecule has 5 heteroatoms. The normalized spacial score (nSPS) is 21.6. The van der Waals surface area contributed by atoms with Crippen molar-refractivity contribution in [2.24, 2.45) is 24.6 Å². The summed E-state index contributed by atoms with van der Waals surface area (Å²) >= 11 is 0. The summed E-state index contributed by atoms with van der Waals surface area (Å²) < 4.78 is 7.34. The molecule has 2 N–H and O–H groups in total. The highest BCUT2D eigenvalue weighted by Crippen LogP contribution is 2.35. The van der Waals surface area contributed by atoms with Gasteiger partial charge in [-0.15, -0.1) is 0 Å². The highest BCUT2D eigenvalue weighted by Gasteiger charge is 2.33. The summed E-state index contributed by atoms with van der Waals surface area (Å²) in [5.41, 5.74) is 8.25. The summed E-state index contributed by atoms with van der Waals surface area (Å²) in [6, 6.07) is 0.211. The molecule has 2 atom stereocenters. The number of aromatic nitrogens is 2. The zero-order valence-electron chi connectivity index (χ0n) is 13.4. The lowest BCUT2D eigenvalue weighted by atomic mass is 9.95. The quantitative estimate of drug-likeness (QED) is 0.892. The zero-order chi connectivity index (χ0) is 14.9. The molecule has 1 aliphatic heterocycles. The molecule has 2 heterocycles. The Morgan fingerprint density at radius 3 is 2.65 bits per heavy atom. The smallest absolute Gasteiger partial charge is 0.216 e. The van der Waals surface area contributed by atoms with E-state index in [1.54, 1.807) is 7.11 Å². The number of hydrogen-bond donors (Lipinski definition) is 1. The van der Waals surface area contributed by atoms with Gasteiger partial charge in [-0.25, -0.2) is 4.68 Å². The first kappa shape index (κ1) is 15.3. The van der Waals surface area contributed by atoms with Gasteiger partial charge in [0.1, 0.15) is 0 Å². The molecular weight excluding hydrogens is 252 g/mol. The monoisotopic (exact) mass is 280 g/mol. The molecule has 0 bridgehead atoms. The van der Waals surface area contributed by atoms with Crippen LogP contribution in [-0.2, 0) is 7.05 Å². The Hall–Kier alpha value is -1.07. The maximum Gasteiger partial charge on any atom is 0.216 e. The first-order valence-corrected chi connectivity index (χ1v) is 7.51. The van der Waals surface area contributed by atoms with E-state index < -0.39 is 0 Å². The molecule has 0 amide bonds. The molecule has 0 saturated carbocycles. The van der Waals surface area contributed by atoms with Gasteiger partial charge in [0.15, 0.2) is 0 Å². The highest BCUT2D eigenvalue weighted by molar-refractivity contribution is 5.34. The van der Waals surface area contributed by atoms with E-state index in [1.807, 2.05) is 18.7 Å². The van der Waals surface area contributed by atoms with Crippen LogP contribution in [0.25, 0.3) is 0 Å². The summed E-state index contributed by atoms with van der Waals surface area (Å²) in [4.78, 5) is 2.50. The summed E-state index contributed by atoms with van der Waals surface area (Å²) in [7, 11) is 3.62. The van der Waals surface area contributed by atoms with Crippen LogP contribution in [-0.4, -0.2) is 41.4 Å². The number of hydrogen-bond acceptors (Lipinski definition) is 4. The average Bonchev–Trinajstić information content (AvgIpc) is 2.97. The molecule has 1 aromatic rings. The number of nitrogens with zero attached hydrogens (tertiary/aromatic N) is 3. The van der Waals surface area contributed by atoms with E-state index in [-0.39, 0.29) is 6.04 Å². The molecule has 20 heavy (non-hydrogen) atoms. The van der Waals surface area contributed by atoms with E-state index in [9.17, 15) is 0 Å². The Morgan fingerprint density at radius 2 is 2.15 bits per heavy atom. The summed E-state index contributed by atoms with van der Waals surface area (Å²) in [5, 5.41) is 4.49. The Morgan fingerprint density at radius 1 is 1.45 bits per heavy atom. The van der Waals surface area contributed by atoms with Gasteiger partial charge in [-0.3, -0.25) is 4.90 Å². The fourth-order valence-corrected chi connectivity index (χ4v) is 3.37. The molecule has 0 aromatic carbocycles. The van der Waals surface area contributed by atoms with Gasteiger partial charge in [-0.05, 0) is 31.7 Å². The second kappa shape index (κ2) is 6.14. The zero-order valence-corrected chi connectivity index (χ0v) is 13.4. The van der Waals surface area contributed by atoms with Crippen molar-refractivity contribution in [2.75, 3.05) is 26.7 Å². The van der Waals surface area contributed by atoms with Gasteiger partial charge in [0, 0.05) is 20.1 Å². The minimum Gasteiger partial charge on any atom is -0.481 e. The summed E-state index contributed by atoms with van der Waals surface area (Å²) in [6.45, 7) is 9.49. The number of aryl methyl sites for hydroxylation is 2. The lowest BCUT2D eigenvalue weighted by Crippen LogP contribution is -2.33. The first-order chi connectivity index (χ1) is 9.49. The van der Waals surface area contributed by atoms with Gasteiger partial charge < -0.3 is 10.5 Å². The molecule has 1 aromatic heterocycles. The first-order valence-electron chi connectivity index (χ1n) is 7.51. The van der Waals surface area contributed by atoms with Crippen LogP contribution >= 0.6 is 0 Å². The van der Waals surface area contributed by atoms with Crippen molar-refractivity contribution in [3.05, 3.63) is 11.3 Å². The van der Waals surface area contributed by atoms with Gasteiger partial charge in [-0.2, -0.15) is 5.10 Å². The molecule has 1 saturated heterocycles. The van der Waals surface area contributed by atoms with Crippen molar-refractivity contribution in [1.82, 2.24) is 14.7 Å². The molecule has 1 aliphatic rings. The van der Waals surface area contributed by atoms with Crippen molar-refractivity contribution in [2.45, 2.75) is 33.2 Å². The maximum absolute atomic E-state index is 6.07. The van der Waals surface area contributed by atoms with Crippen LogP contribution in [0.3, 0.4) is 0 Å². The maximum atomic E-state index is 6.07. The molecule has 5 nitrogen and oxygen atoms in total. The number of methoxy groups -OCH3 is 1. The number of rotatable bonds is 5. The topological polar surface area (TPSA) is 56.3 Å². The summed E-state index contributed by atoms with van der Waals surface area (Å²) in [5.74, 6) is 2.34. The molecule has 0 radical (unpaired) electrons. The van der Waals surface area contributed by atoms with Crippen LogP contribution in [0.2, 0.25) is 0 Å². The van der Waals surface area contributed by atoms with Crippen LogP contribution < -0.4 is 10.5 Å². The largest absolute Gasteiger partial charge is 0.481 e. The number of nitrogens with two attached hydrogens (primary N) is 1. The van der Waals surface area contributed by atoms with Crippen molar-refractivity contribution in [1.29, 1.82) is 0 Å². The van der Waals surface area contributed by atoms with Crippen molar-refractivity contribution in [3.63, 3.8) is 0 Å². The van der Waals surface area contributed by atoms with E-state index in [4.69, 9.17) is 10.5 Å². The third-order valence-corrected chi connectivity index (χ3v) is 4.60. The third kappa shape index (κ3) is 2.69. The molecule has 2 unspecified atom stereocenters. The Bertz CT molecular complexity index is 455. The van der Waals surface area contributed by atoms with Crippen LogP contribution in [0, 0.1) is 18.8 Å². The Balaban J connectivity index is 2.25. The van der Waals surface area contributed by atoms with Gasteiger partial charge in [0.05, 0.1) is 24.4 Å². The van der Waals surface area contributed by atoms with Gasteiger partial charge >= 0.3 is 0 Å². The van der Waals surface area contributed by atoms with Gasteiger partial charge in [-0.1, -0.05) is 13.8 Å². The van der Waals surface area contributed by atoms with E-state index in [2.05, 4.69) is 23.8 Å². The third-order valence-electron chi connectivity index (χ3n) is 4.60. The van der Waals surface area contributed by atoms with Crippen LogP contribution in [0.15, 0.2) is 0 Å². The van der Waals surface area contributed by atoms with Crippen molar-refractivity contribution in [3.8, 4) is 5.88 Å². The number of ether oxygens (including phenoxy) is 1. The molecular formula is C15H28N4O. The van der Waals surface area contributed by atoms with Crippen molar-refractivity contribution >= 4 is 0 Å². The lowest BCUT2D eigenvalue weighted by Gasteiger charge is -2.27. The second-order valence-corrected chi connectivity index (χ2v) is 6.17. The van der Waals surface area contributed by atoms with E-state index in [0.717, 1.165) is 42.1 Å². The highest BCUT2D eigenvalue weighted by atomic mass is 16.5. The predicted molar refractivity (Wildman–Crippen MR) is 80.8 cm³/mol. The number of likely N-dealkylation sites (tertiary alicyclic amines) is 1. The van der Waals surface area contributed by atoms with Crippen LogP contribution in [0.4, 0.5) is 0 Å². The molecule has 0 spiro atoms. The molecule has 2 rings (SSSR count).